The van der Waals surface area contributed by atoms with Gasteiger partial charge < -0.3 is 18.9 Å². The molecule has 1 aromatic rings. The quantitative estimate of drug-likeness (QED) is 0.513. The van der Waals surface area contributed by atoms with E-state index in [1.807, 2.05) is 39.0 Å². The number of hydrogen-bond donors (Lipinski definition) is 1. The molecule has 2 unspecified atom stereocenters. The van der Waals surface area contributed by atoms with Crippen LogP contribution in [0.25, 0.3) is 0 Å². The summed E-state index contributed by atoms with van der Waals surface area (Å²) in [7, 11) is -3.65. The normalized spacial score (nSPS) is 15.7. The lowest BCUT2D eigenvalue weighted by Crippen LogP contribution is -2.09. The maximum Gasteiger partial charge on any atom is 0.332 e. The molecule has 6 heteroatoms. The van der Waals surface area contributed by atoms with Gasteiger partial charge in [-0.3, -0.25) is 4.57 Å². The van der Waals surface area contributed by atoms with E-state index in [-0.39, 0.29) is 12.3 Å². The third-order valence-corrected chi connectivity index (χ3v) is 4.62. The first-order valence-electron chi connectivity index (χ1n) is 7.74. The number of hydrogen-bond acceptors (Lipinski definition) is 4. The van der Waals surface area contributed by atoms with Gasteiger partial charge in [0.2, 0.25) is 0 Å². The lowest BCUT2D eigenvalue weighted by Gasteiger charge is -2.19. The van der Waals surface area contributed by atoms with Crippen molar-refractivity contribution in [1.29, 1.82) is 0 Å². The van der Waals surface area contributed by atoms with Crippen LogP contribution in [0.1, 0.15) is 51.5 Å². The van der Waals surface area contributed by atoms with E-state index in [4.69, 9.17) is 14.0 Å². The number of ether oxygens (including phenoxy) is 2. The van der Waals surface area contributed by atoms with Crippen molar-refractivity contribution < 1.29 is 23.5 Å². The van der Waals surface area contributed by atoms with E-state index in [1.165, 1.54) is 0 Å². The first-order valence-corrected chi connectivity index (χ1v) is 9.50. The van der Waals surface area contributed by atoms with Crippen LogP contribution in [0.3, 0.4) is 0 Å². The molecule has 0 radical (unpaired) electrons. The fraction of sp³-hybridized carbons (Fsp3) is 0.625. The highest BCUT2D eigenvalue weighted by atomic mass is 31.2. The molecule has 1 rings (SSSR count). The van der Waals surface area contributed by atoms with Crippen molar-refractivity contribution in [3.05, 3.63) is 35.4 Å². The molecule has 0 aliphatic heterocycles. The Balaban J connectivity index is 2.84. The van der Waals surface area contributed by atoms with Crippen molar-refractivity contribution in [2.75, 3.05) is 13.2 Å². The maximum atomic E-state index is 12.2. The van der Waals surface area contributed by atoms with E-state index in [1.54, 1.807) is 13.0 Å². The lowest BCUT2D eigenvalue weighted by atomic mass is 10.1. The summed E-state index contributed by atoms with van der Waals surface area (Å²) < 4.78 is 28.5. The third kappa shape index (κ3) is 6.59. The van der Waals surface area contributed by atoms with Crippen LogP contribution >= 0.6 is 7.60 Å². The second-order valence-electron chi connectivity index (χ2n) is 5.11. The molecule has 0 heterocycles. The monoisotopic (exact) mass is 330 g/mol. The van der Waals surface area contributed by atoms with Crippen molar-refractivity contribution >= 4 is 7.60 Å². The van der Waals surface area contributed by atoms with Gasteiger partial charge in [-0.05, 0) is 32.8 Å². The molecule has 0 fully saturated rings. The van der Waals surface area contributed by atoms with Gasteiger partial charge in [-0.15, -0.1) is 0 Å². The molecule has 0 bridgehead atoms. The van der Waals surface area contributed by atoms with Crippen molar-refractivity contribution in [3.63, 3.8) is 0 Å². The molecule has 1 N–H and O–H groups in total. The van der Waals surface area contributed by atoms with E-state index in [2.05, 4.69) is 0 Å². The molecule has 126 valence electrons. The minimum Gasteiger partial charge on any atom is -0.349 e. The van der Waals surface area contributed by atoms with E-state index < -0.39 is 13.9 Å². The summed E-state index contributed by atoms with van der Waals surface area (Å²) in [5, 5.41) is 0. The summed E-state index contributed by atoms with van der Waals surface area (Å²) in [6.45, 7) is 8.57. The van der Waals surface area contributed by atoms with Gasteiger partial charge in [0.25, 0.3) is 0 Å². The predicted molar refractivity (Wildman–Crippen MR) is 86.8 cm³/mol. The van der Waals surface area contributed by atoms with Crippen LogP contribution in [-0.2, 0) is 24.7 Å². The van der Waals surface area contributed by atoms with Gasteiger partial charge in [-0.2, -0.15) is 0 Å². The van der Waals surface area contributed by atoms with Crippen molar-refractivity contribution in [3.8, 4) is 0 Å². The fourth-order valence-corrected chi connectivity index (χ4v) is 3.45. The zero-order valence-corrected chi connectivity index (χ0v) is 14.7. The average molecular weight is 330 g/mol. The first-order chi connectivity index (χ1) is 10.4. The average Bonchev–Trinajstić information content (AvgIpc) is 2.46. The Morgan fingerprint density at radius 3 is 2.36 bits per heavy atom. The van der Waals surface area contributed by atoms with Crippen LogP contribution in [0.15, 0.2) is 24.3 Å². The highest BCUT2D eigenvalue weighted by molar-refractivity contribution is 7.51. The van der Waals surface area contributed by atoms with Crippen LogP contribution in [-0.4, -0.2) is 24.2 Å². The molecule has 0 aromatic heterocycles. The highest BCUT2D eigenvalue weighted by Gasteiger charge is 2.23. The lowest BCUT2D eigenvalue weighted by molar-refractivity contribution is -0.140. The van der Waals surface area contributed by atoms with E-state index in [9.17, 15) is 9.46 Å². The van der Waals surface area contributed by atoms with Gasteiger partial charge in [0, 0.05) is 18.8 Å². The second kappa shape index (κ2) is 9.43. The molecule has 0 saturated heterocycles. The highest BCUT2D eigenvalue weighted by Crippen LogP contribution is 2.47. The van der Waals surface area contributed by atoms with Crippen LogP contribution in [0.4, 0.5) is 0 Å². The first kappa shape index (κ1) is 19.3. The molecule has 5 nitrogen and oxygen atoms in total. The Morgan fingerprint density at radius 1 is 1.18 bits per heavy atom. The number of rotatable bonds is 10. The topological polar surface area (TPSA) is 65.0 Å². The van der Waals surface area contributed by atoms with Gasteiger partial charge in [0.15, 0.2) is 6.29 Å². The predicted octanol–water partition coefficient (Wildman–Crippen LogP) is 4.26. The zero-order valence-electron chi connectivity index (χ0n) is 13.8. The molecule has 22 heavy (non-hydrogen) atoms. The summed E-state index contributed by atoms with van der Waals surface area (Å²) in [4.78, 5) is 9.98. The van der Waals surface area contributed by atoms with E-state index in [0.29, 0.717) is 19.6 Å². The van der Waals surface area contributed by atoms with Gasteiger partial charge in [0.1, 0.15) is 0 Å². The molecule has 2 atom stereocenters. The van der Waals surface area contributed by atoms with Gasteiger partial charge in [-0.1, -0.05) is 31.2 Å². The molecule has 0 aliphatic rings. The fourth-order valence-electron chi connectivity index (χ4n) is 2.01. The Morgan fingerprint density at radius 2 is 1.82 bits per heavy atom. The van der Waals surface area contributed by atoms with Crippen LogP contribution in [0.5, 0.6) is 0 Å². The Kier molecular flexibility index (Phi) is 8.29. The minimum absolute atomic E-state index is 0.0177. The molecule has 0 aliphatic carbocycles. The summed E-state index contributed by atoms with van der Waals surface area (Å²) in [5.41, 5.74) is 1.57. The summed E-state index contributed by atoms with van der Waals surface area (Å²) in [6, 6.07) is 7.36. The molecular weight excluding hydrogens is 303 g/mol. The van der Waals surface area contributed by atoms with Gasteiger partial charge >= 0.3 is 7.60 Å². The smallest absolute Gasteiger partial charge is 0.332 e. The Labute approximate surface area is 133 Å². The van der Waals surface area contributed by atoms with Crippen molar-refractivity contribution in [2.24, 2.45) is 0 Å². The Hall–Kier alpha value is -0.710. The largest absolute Gasteiger partial charge is 0.349 e. The molecule has 0 amide bonds. The summed E-state index contributed by atoms with van der Waals surface area (Å²) in [6.07, 6.45) is -0.0144. The van der Waals surface area contributed by atoms with Crippen molar-refractivity contribution in [2.45, 2.75) is 52.7 Å². The SMILES string of the molecule is CCOC(OCC)c1cccc(CP(=O)(O)OC(C)CC)c1. The van der Waals surface area contributed by atoms with Crippen LogP contribution < -0.4 is 0 Å². The number of benzene rings is 1. The molecule has 0 saturated carbocycles. The summed E-state index contributed by atoms with van der Waals surface area (Å²) in [5.74, 6) is 0. The van der Waals surface area contributed by atoms with Crippen LogP contribution in [0, 0.1) is 0 Å². The second-order valence-corrected chi connectivity index (χ2v) is 6.91. The third-order valence-electron chi connectivity index (χ3n) is 3.16. The summed E-state index contributed by atoms with van der Waals surface area (Å²) >= 11 is 0. The van der Waals surface area contributed by atoms with Gasteiger partial charge in [0.05, 0.1) is 12.3 Å². The Bertz CT molecular complexity index is 485. The van der Waals surface area contributed by atoms with Crippen LogP contribution in [0.2, 0.25) is 0 Å². The molecular formula is C16H27O5P. The maximum absolute atomic E-state index is 12.2. The van der Waals surface area contributed by atoms with E-state index >= 15 is 0 Å². The minimum atomic E-state index is -3.65. The molecule has 0 spiro atoms. The zero-order chi connectivity index (χ0) is 16.6. The van der Waals surface area contributed by atoms with Gasteiger partial charge in [-0.25, -0.2) is 0 Å². The standard InChI is InChI=1S/C16H27O5P/c1-5-13(4)21-22(17,18)12-14-9-8-10-15(11-14)16(19-6-2)20-7-3/h8-11,13,16H,5-7,12H2,1-4H3,(H,17,18). The van der Waals surface area contributed by atoms with E-state index in [0.717, 1.165) is 11.1 Å². The van der Waals surface area contributed by atoms with Crippen molar-refractivity contribution in [1.82, 2.24) is 0 Å². The molecule has 1 aromatic carbocycles.